The van der Waals surface area contributed by atoms with Crippen LogP contribution >= 0.6 is 0 Å². The molecule has 0 unspecified atom stereocenters. The minimum Gasteiger partial charge on any atom is -0.480 e. The first kappa shape index (κ1) is 66.2. The summed E-state index contributed by atoms with van der Waals surface area (Å²) < 4.78 is 0. The Morgan fingerprint density at radius 1 is 0.421 bits per heavy atom. The first-order chi connectivity index (χ1) is 35.3. The van der Waals surface area contributed by atoms with Crippen LogP contribution < -0.4 is 48.3 Å². The molecule has 76 heavy (non-hydrogen) atoms. The molecule has 2 aliphatic heterocycles. The van der Waals surface area contributed by atoms with E-state index in [-0.39, 0.29) is 74.8 Å². The molecule has 23 nitrogen and oxygen atoms in total. The Bertz CT molecular complexity index is 2050. The van der Waals surface area contributed by atoms with Gasteiger partial charge in [-0.1, -0.05) is 83.1 Å². The predicted molar refractivity (Wildman–Crippen MR) is 285 cm³/mol. The van der Waals surface area contributed by atoms with Gasteiger partial charge in [-0.15, -0.1) is 0 Å². The molecule has 11 N–H and O–H groups in total. The first-order valence-corrected chi connectivity index (χ1v) is 27.3. The summed E-state index contributed by atoms with van der Waals surface area (Å²) in [6.45, 7) is 26.6. The molecule has 0 bridgehead atoms. The van der Waals surface area contributed by atoms with Crippen molar-refractivity contribution in [3.8, 4) is 0 Å². The number of amides is 10. The van der Waals surface area contributed by atoms with Gasteiger partial charge in [-0.05, 0) is 108 Å². The largest absolute Gasteiger partial charge is 0.480 e. The maximum atomic E-state index is 14.5. The van der Waals surface area contributed by atoms with Gasteiger partial charge in [0.25, 0.3) is 0 Å². The minimum absolute atomic E-state index is 0.0576. The van der Waals surface area contributed by atoms with Crippen LogP contribution in [0.1, 0.15) is 155 Å². The summed E-state index contributed by atoms with van der Waals surface area (Å²) in [6.07, 6.45) is 2.26. The molecule has 0 radical (unpaired) electrons. The van der Waals surface area contributed by atoms with Gasteiger partial charge in [-0.3, -0.25) is 47.9 Å². The zero-order valence-electron chi connectivity index (χ0n) is 47.8. The third-order valence-electron chi connectivity index (χ3n) is 13.4. The van der Waals surface area contributed by atoms with Gasteiger partial charge < -0.3 is 63.2 Å². The number of aliphatic carboxylic acids is 1. The number of hydrogen-bond acceptors (Lipinski definition) is 12. The number of nitrogens with two attached hydrogens (primary N) is 1. The summed E-state index contributed by atoms with van der Waals surface area (Å²) in [4.78, 5) is 151. The van der Waals surface area contributed by atoms with E-state index in [1.165, 1.54) is 30.6 Å². The molecule has 0 aromatic heterocycles. The van der Waals surface area contributed by atoms with E-state index >= 15 is 0 Å². The highest BCUT2D eigenvalue weighted by molar-refractivity contribution is 5.99. The summed E-state index contributed by atoms with van der Waals surface area (Å²) in [5, 5.41) is 31.3. The standard InChI is InChI=1S/C53H93N11O12/c1-26(2)22-35(45(67)55-33(14)44(66)56-34(15)51(73)64-21-17-19-40(64)53(75)76)57-46(68)36(23-27(3)4)58-50(72)42(31(11)12)62-48(70)39-18-16-20-63(39)52(74)38(25-29(7)8)60-47(69)37(24-28(5)6)59-49(71)41(30(9)10)61-43(65)32(13)54/h26-42H,16-25,54H2,1-15H3,(H,55,67)(H,56,66)(H,57,68)(H,58,72)(H,59,71)(H,60,69)(H,61,65)(H,62,70)(H,75,76)/t32-,33-,34-,35-,36-,37-,38-,39-,40-,41-,42-/m0/s1. The van der Waals surface area contributed by atoms with Crippen LogP contribution in [0.25, 0.3) is 0 Å². The van der Waals surface area contributed by atoms with Gasteiger partial charge >= 0.3 is 5.97 Å². The topological polar surface area (TPSA) is 337 Å². The van der Waals surface area contributed by atoms with E-state index in [0.717, 1.165) is 0 Å². The summed E-state index contributed by atoms with van der Waals surface area (Å²) in [5.74, 6) is -8.51. The molecule has 0 aliphatic carbocycles. The second-order valence-electron chi connectivity index (χ2n) is 23.2. The molecule has 2 aliphatic rings. The van der Waals surface area contributed by atoms with E-state index in [1.54, 1.807) is 27.7 Å². The summed E-state index contributed by atoms with van der Waals surface area (Å²) in [5.41, 5.74) is 5.74. The Kier molecular flexibility index (Phi) is 26.8. The van der Waals surface area contributed by atoms with Gasteiger partial charge in [0.1, 0.15) is 60.4 Å². The fraction of sp³-hybridized carbons (Fsp3) is 0.792. The lowest BCUT2D eigenvalue weighted by molar-refractivity contribution is -0.149. The summed E-state index contributed by atoms with van der Waals surface area (Å²) in [6, 6.07) is -11.7. The van der Waals surface area contributed by atoms with Crippen molar-refractivity contribution >= 4 is 65.0 Å². The van der Waals surface area contributed by atoms with Crippen LogP contribution in [0.2, 0.25) is 0 Å². The van der Waals surface area contributed by atoms with E-state index in [4.69, 9.17) is 5.73 Å². The van der Waals surface area contributed by atoms with Crippen LogP contribution in [0.5, 0.6) is 0 Å². The number of nitrogens with one attached hydrogen (secondary N) is 8. The van der Waals surface area contributed by atoms with Gasteiger partial charge in [-0.2, -0.15) is 0 Å². The van der Waals surface area contributed by atoms with Crippen LogP contribution in [0.15, 0.2) is 0 Å². The van der Waals surface area contributed by atoms with Crippen LogP contribution in [0.3, 0.4) is 0 Å². The van der Waals surface area contributed by atoms with E-state index < -0.39 is 137 Å². The Morgan fingerprint density at radius 2 is 0.776 bits per heavy atom. The number of likely N-dealkylation sites (tertiary alicyclic amines) is 2. The number of carbonyl (C=O) groups excluding carboxylic acids is 10. The highest BCUT2D eigenvalue weighted by Gasteiger charge is 2.42. The lowest BCUT2D eigenvalue weighted by Crippen LogP contribution is -2.61. The van der Waals surface area contributed by atoms with Gasteiger partial charge in [0.15, 0.2) is 0 Å². The third kappa shape index (κ3) is 20.6. The van der Waals surface area contributed by atoms with Crippen molar-refractivity contribution in [2.45, 2.75) is 222 Å². The van der Waals surface area contributed by atoms with Crippen molar-refractivity contribution in [3.63, 3.8) is 0 Å². The SMILES string of the molecule is CC(C)C[C@H](NC(=O)[C@H](CC(C)C)NC(=O)[C@@H](NC(=O)[C@@H]1CCCN1C(=O)[C@H](CC(C)C)NC(=O)[C@H](CC(C)C)NC(=O)[C@@H](NC(=O)[C@H](C)N)C(C)C)C(C)C)C(=O)N[C@@H](C)C(=O)N[C@@H](C)C(=O)N1CCC[C@H]1C(=O)O. The monoisotopic (exact) mass is 1080 g/mol. The van der Waals surface area contributed by atoms with Crippen LogP contribution in [0.4, 0.5) is 0 Å². The lowest BCUT2D eigenvalue weighted by atomic mass is 9.98. The lowest BCUT2D eigenvalue weighted by Gasteiger charge is -2.32. The molecule has 0 aromatic carbocycles. The number of carboxylic acids is 1. The number of rotatable bonds is 29. The van der Waals surface area contributed by atoms with E-state index in [0.29, 0.717) is 19.3 Å². The van der Waals surface area contributed by atoms with Crippen molar-refractivity contribution in [1.82, 2.24) is 52.3 Å². The Hall–Kier alpha value is -5.87. The van der Waals surface area contributed by atoms with Gasteiger partial charge in [0.05, 0.1) is 6.04 Å². The second-order valence-corrected chi connectivity index (χ2v) is 23.2. The van der Waals surface area contributed by atoms with Crippen molar-refractivity contribution in [2.24, 2.45) is 41.2 Å². The van der Waals surface area contributed by atoms with Gasteiger partial charge in [0, 0.05) is 13.1 Å². The molecule has 2 fully saturated rings. The molecule has 10 amide bonds. The summed E-state index contributed by atoms with van der Waals surface area (Å²) >= 11 is 0. The molecular weight excluding hydrogens is 983 g/mol. The zero-order valence-corrected chi connectivity index (χ0v) is 47.8. The third-order valence-corrected chi connectivity index (χ3v) is 13.4. The van der Waals surface area contributed by atoms with Gasteiger partial charge in [-0.25, -0.2) is 4.79 Å². The molecular formula is C53H93N11O12. The average Bonchev–Trinajstić information content (AvgIpc) is 4.01. The van der Waals surface area contributed by atoms with E-state index in [9.17, 15) is 57.8 Å². The number of carbonyl (C=O) groups is 11. The molecule has 0 spiro atoms. The molecule has 23 heteroatoms. The number of carboxylic acid groups (broad SMARTS) is 1. The molecule has 432 valence electrons. The second kappa shape index (κ2) is 30.8. The average molecular weight is 1080 g/mol. The van der Waals surface area contributed by atoms with Crippen molar-refractivity contribution < 1.29 is 57.8 Å². The normalized spacial score (nSPS) is 19.2. The van der Waals surface area contributed by atoms with Crippen molar-refractivity contribution in [3.05, 3.63) is 0 Å². The van der Waals surface area contributed by atoms with Crippen molar-refractivity contribution in [1.29, 1.82) is 0 Å². The Labute approximate surface area is 450 Å². The Balaban J connectivity index is 2.27. The maximum absolute atomic E-state index is 14.5. The van der Waals surface area contributed by atoms with E-state index in [1.807, 2.05) is 55.4 Å². The fourth-order valence-corrected chi connectivity index (χ4v) is 9.29. The molecule has 2 rings (SSSR count). The van der Waals surface area contributed by atoms with Crippen LogP contribution in [0, 0.1) is 35.5 Å². The first-order valence-electron chi connectivity index (χ1n) is 27.3. The predicted octanol–water partition coefficient (Wildman–Crippen LogP) is 0.815. The quantitative estimate of drug-likeness (QED) is 0.0497. The molecule has 11 atom stereocenters. The number of nitrogens with zero attached hydrogens (tertiary/aromatic N) is 2. The minimum atomic E-state index is -1.17. The summed E-state index contributed by atoms with van der Waals surface area (Å²) in [7, 11) is 0. The highest BCUT2D eigenvalue weighted by atomic mass is 16.4. The highest BCUT2D eigenvalue weighted by Crippen LogP contribution is 2.23. The zero-order chi connectivity index (χ0) is 58.0. The molecule has 2 saturated heterocycles. The smallest absolute Gasteiger partial charge is 0.326 e. The fourth-order valence-electron chi connectivity index (χ4n) is 9.29. The van der Waals surface area contributed by atoms with E-state index in [2.05, 4.69) is 42.5 Å². The van der Waals surface area contributed by atoms with Gasteiger partial charge in [0.2, 0.25) is 59.1 Å². The molecule has 0 aromatic rings. The Morgan fingerprint density at radius 3 is 1.18 bits per heavy atom. The molecule has 0 saturated carbocycles. The maximum Gasteiger partial charge on any atom is 0.326 e. The number of hydrogen-bond donors (Lipinski definition) is 10. The van der Waals surface area contributed by atoms with Crippen molar-refractivity contribution in [2.75, 3.05) is 13.1 Å². The molecule has 2 heterocycles. The van der Waals surface area contributed by atoms with Crippen LogP contribution in [-0.2, 0) is 52.7 Å². The van der Waals surface area contributed by atoms with Crippen LogP contribution in [-0.4, -0.2) is 159 Å².